The first-order chi connectivity index (χ1) is 24.8. The number of unbranched alkanes of at least 4 members (excludes halogenated alkanes) is 2. The average molecular weight is 727 g/mol. The fourth-order valence-electron chi connectivity index (χ4n) is 4.71. The minimum absolute atomic E-state index is 0.0810. The highest BCUT2D eigenvalue weighted by Crippen LogP contribution is 2.11. The van der Waals surface area contributed by atoms with Gasteiger partial charge in [0.25, 0.3) is 0 Å². The van der Waals surface area contributed by atoms with Gasteiger partial charge in [-0.05, 0) is 42.0 Å². The van der Waals surface area contributed by atoms with E-state index in [1.807, 2.05) is 0 Å². The summed E-state index contributed by atoms with van der Waals surface area (Å²) in [4.78, 5) is 95.6. The van der Waals surface area contributed by atoms with Gasteiger partial charge in [-0.2, -0.15) is 0 Å². The molecular formula is C35H46N6O11. The van der Waals surface area contributed by atoms with Gasteiger partial charge in [0.2, 0.25) is 35.4 Å². The van der Waals surface area contributed by atoms with Crippen LogP contribution in [0, 0.1) is 5.92 Å². The Labute approximate surface area is 300 Å². The van der Waals surface area contributed by atoms with Gasteiger partial charge in [0.1, 0.15) is 12.6 Å². The molecule has 0 aromatic heterocycles. The number of aliphatic carboxylic acids is 1. The Morgan fingerprint density at radius 3 is 1.98 bits per heavy atom. The van der Waals surface area contributed by atoms with E-state index < -0.39 is 54.9 Å². The van der Waals surface area contributed by atoms with Crippen molar-refractivity contribution in [3.05, 3.63) is 65.7 Å². The zero-order chi connectivity index (χ0) is 38.3. The number of amides is 6. The van der Waals surface area contributed by atoms with Crippen LogP contribution in [0.25, 0.3) is 0 Å². The molecule has 0 radical (unpaired) electrons. The van der Waals surface area contributed by atoms with Crippen molar-refractivity contribution in [1.82, 2.24) is 26.6 Å². The zero-order valence-electron chi connectivity index (χ0n) is 28.9. The fraction of sp³-hybridized carbons (Fsp3) is 0.429. The standard InChI is InChI=1S/C35H46N6O11/c1-23(17-33(47)48)16-29(43)36-15-7-3-6-10-28(42)37-19-30(44)38-20-32(46)41-27(18-24-8-4-2-5-9-24)34(49)39-21-31(45)40-26-13-11-25(12-14-26)22-52-35(50)51/h2,4-5,8-9,11-14,23,27H,3,6-7,10,15-22H2,1H3,(H,36,43)(H,37,42)(H,38,44)(H,39,49)(H,40,45)(H,41,46)(H,47,48)(H,50,51). The molecule has 0 saturated carbocycles. The second kappa shape index (κ2) is 23.4. The summed E-state index contributed by atoms with van der Waals surface area (Å²) in [6, 6.07) is 14.0. The molecule has 0 heterocycles. The number of anilines is 1. The summed E-state index contributed by atoms with van der Waals surface area (Å²) in [7, 11) is 0. The summed E-state index contributed by atoms with van der Waals surface area (Å²) in [6.45, 7) is 0.698. The number of carbonyl (C=O) groups excluding carboxylic acids is 6. The molecule has 2 atom stereocenters. The van der Waals surface area contributed by atoms with Crippen molar-refractivity contribution in [1.29, 1.82) is 0 Å². The topological polar surface area (TPSA) is 258 Å². The number of hydrogen-bond acceptors (Lipinski definition) is 9. The second-order valence-corrected chi connectivity index (χ2v) is 11.9. The third-order valence-corrected chi connectivity index (χ3v) is 7.31. The predicted molar refractivity (Wildman–Crippen MR) is 187 cm³/mol. The number of ether oxygens (including phenoxy) is 1. The SMILES string of the molecule is CC(CC(=O)O)CC(=O)NCCCCCC(=O)NCC(=O)NCC(=O)NC(Cc1ccccc1)C(=O)NCC(=O)Nc1ccc(COC(=O)O)cc1. The molecule has 2 aromatic rings. The van der Waals surface area contributed by atoms with Gasteiger partial charge in [0.05, 0.1) is 19.6 Å². The third-order valence-electron chi connectivity index (χ3n) is 7.31. The van der Waals surface area contributed by atoms with Crippen molar-refractivity contribution in [2.24, 2.45) is 5.92 Å². The summed E-state index contributed by atoms with van der Waals surface area (Å²) < 4.78 is 4.49. The van der Waals surface area contributed by atoms with Crippen LogP contribution in [-0.2, 0) is 51.3 Å². The van der Waals surface area contributed by atoms with Gasteiger partial charge < -0.3 is 46.9 Å². The van der Waals surface area contributed by atoms with Gasteiger partial charge in [0, 0.05) is 37.9 Å². The van der Waals surface area contributed by atoms with E-state index in [0.717, 1.165) is 5.56 Å². The van der Waals surface area contributed by atoms with Crippen LogP contribution in [0.1, 0.15) is 56.6 Å². The van der Waals surface area contributed by atoms with Gasteiger partial charge in [0.15, 0.2) is 0 Å². The van der Waals surface area contributed by atoms with E-state index in [1.54, 1.807) is 61.5 Å². The Hall–Kier alpha value is -6.00. The fourth-order valence-corrected chi connectivity index (χ4v) is 4.71. The van der Waals surface area contributed by atoms with E-state index in [0.29, 0.717) is 37.1 Å². The van der Waals surface area contributed by atoms with E-state index >= 15 is 0 Å². The molecule has 0 aliphatic heterocycles. The maximum absolute atomic E-state index is 13.0. The minimum Gasteiger partial charge on any atom is -0.481 e. The Balaban J connectivity index is 1.71. The molecule has 0 aliphatic carbocycles. The molecule has 6 amide bonds. The van der Waals surface area contributed by atoms with Crippen molar-refractivity contribution >= 4 is 53.3 Å². The number of benzene rings is 2. The van der Waals surface area contributed by atoms with Gasteiger partial charge in [-0.25, -0.2) is 4.79 Å². The second-order valence-electron chi connectivity index (χ2n) is 11.9. The molecule has 0 saturated heterocycles. The van der Waals surface area contributed by atoms with Crippen LogP contribution >= 0.6 is 0 Å². The number of carboxylic acid groups (broad SMARTS) is 2. The van der Waals surface area contributed by atoms with E-state index in [9.17, 15) is 38.4 Å². The van der Waals surface area contributed by atoms with Crippen LogP contribution in [-0.4, -0.2) is 90.0 Å². The third kappa shape index (κ3) is 19.3. The molecule has 0 aliphatic rings. The highest BCUT2D eigenvalue weighted by atomic mass is 16.7. The Morgan fingerprint density at radius 1 is 0.654 bits per heavy atom. The Bertz CT molecular complexity index is 1520. The van der Waals surface area contributed by atoms with Gasteiger partial charge in [-0.1, -0.05) is 55.8 Å². The Morgan fingerprint density at radius 2 is 1.31 bits per heavy atom. The van der Waals surface area contributed by atoms with Crippen molar-refractivity contribution in [3.8, 4) is 0 Å². The van der Waals surface area contributed by atoms with E-state index in [-0.39, 0.29) is 56.6 Å². The number of carboxylic acids is 1. The summed E-state index contributed by atoms with van der Waals surface area (Å²) >= 11 is 0. The number of rotatable bonds is 23. The number of carbonyl (C=O) groups is 8. The Kier molecular flexibility index (Phi) is 19.0. The van der Waals surface area contributed by atoms with Gasteiger partial charge in [-0.15, -0.1) is 0 Å². The molecule has 0 bridgehead atoms. The van der Waals surface area contributed by atoms with E-state index in [4.69, 9.17) is 10.2 Å². The van der Waals surface area contributed by atoms with Crippen molar-refractivity contribution in [3.63, 3.8) is 0 Å². The molecule has 17 heteroatoms. The lowest BCUT2D eigenvalue weighted by Gasteiger charge is -2.19. The first kappa shape index (κ1) is 42.2. The van der Waals surface area contributed by atoms with Crippen LogP contribution in [0.15, 0.2) is 54.6 Å². The summed E-state index contributed by atoms with van der Waals surface area (Å²) in [5.74, 6) is -4.29. The number of nitrogens with one attached hydrogen (secondary N) is 6. The summed E-state index contributed by atoms with van der Waals surface area (Å²) in [5, 5.41) is 32.6. The number of hydrogen-bond donors (Lipinski definition) is 8. The van der Waals surface area contributed by atoms with Crippen molar-refractivity contribution in [2.75, 3.05) is 31.5 Å². The molecule has 17 nitrogen and oxygen atoms in total. The minimum atomic E-state index is -1.41. The van der Waals surface area contributed by atoms with E-state index in [1.165, 1.54) is 0 Å². The maximum Gasteiger partial charge on any atom is 0.506 e. The highest BCUT2D eigenvalue weighted by Gasteiger charge is 2.22. The van der Waals surface area contributed by atoms with Crippen LogP contribution in [0.5, 0.6) is 0 Å². The normalized spacial score (nSPS) is 11.6. The van der Waals surface area contributed by atoms with Crippen LogP contribution in [0.3, 0.4) is 0 Å². The first-order valence-electron chi connectivity index (χ1n) is 16.7. The average Bonchev–Trinajstić information content (AvgIpc) is 3.09. The lowest BCUT2D eigenvalue weighted by atomic mass is 10.0. The molecule has 2 rings (SSSR count). The van der Waals surface area contributed by atoms with Crippen molar-refractivity contribution < 1.29 is 53.3 Å². The largest absolute Gasteiger partial charge is 0.506 e. The molecular weight excluding hydrogens is 680 g/mol. The summed E-state index contributed by atoms with van der Waals surface area (Å²) in [6.07, 6.45) is 0.681. The monoisotopic (exact) mass is 726 g/mol. The van der Waals surface area contributed by atoms with Crippen LogP contribution in [0.2, 0.25) is 0 Å². The molecule has 2 aromatic carbocycles. The van der Waals surface area contributed by atoms with Gasteiger partial charge in [-0.3, -0.25) is 33.6 Å². The smallest absolute Gasteiger partial charge is 0.481 e. The van der Waals surface area contributed by atoms with Crippen LogP contribution < -0.4 is 31.9 Å². The van der Waals surface area contributed by atoms with E-state index in [2.05, 4.69) is 36.6 Å². The molecule has 0 fully saturated rings. The molecule has 8 N–H and O–H groups in total. The highest BCUT2D eigenvalue weighted by molar-refractivity contribution is 5.96. The quantitative estimate of drug-likeness (QED) is 0.0594. The van der Waals surface area contributed by atoms with Gasteiger partial charge >= 0.3 is 12.1 Å². The van der Waals surface area contributed by atoms with Crippen LogP contribution in [0.4, 0.5) is 10.5 Å². The first-order valence-corrected chi connectivity index (χ1v) is 16.7. The molecule has 0 spiro atoms. The molecule has 2 unspecified atom stereocenters. The zero-order valence-corrected chi connectivity index (χ0v) is 28.9. The lowest BCUT2D eigenvalue weighted by molar-refractivity contribution is -0.138. The molecule has 282 valence electrons. The lowest BCUT2D eigenvalue weighted by Crippen LogP contribution is -2.52. The summed E-state index contributed by atoms with van der Waals surface area (Å²) in [5.41, 5.74) is 1.71. The van der Waals surface area contributed by atoms with Crippen molar-refractivity contribution in [2.45, 2.75) is 64.5 Å². The molecule has 52 heavy (non-hydrogen) atoms. The maximum atomic E-state index is 13.0. The predicted octanol–water partition coefficient (Wildman–Crippen LogP) is 1.07.